The molecule has 1 atom stereocenters. The Morgan fingerprint density at radius 2 is 1.86 bits per heavy atom. The van der Waals surface area contributed by atoms with Crippen LogP contribution in [0.15, 0.2) is 29.3 Å². The molecule has 0 saturated heterocycles. The van der Waals surface area contributed by atoms with Crippen LogP contribution in [0.3, 0.4) is 0 Å². The van der Waals surface area contributed by atoms with E-state index in [1.54, 1.807) is 6.21 Å². The molecule has 0 bridgehead atoms. The van der Waals surface area contributed by atoms with Gasteiger partial charge < -0.3 is 4.74 Å². The minimum atomic E-state index is -0.825. The highest BCUT2D eigenvalue weighted by Gasteiger charge is 2.41. The third-order valence-electron chi connectivity index (χ3n) is 3.59. The molecule has 1 unspecified atom stereocenters. The van der Waals surface area contributed by atoms with Crippen LogP contribution in [0.1, 0.15) is 52.5 Å². The molecule has 2 rings (SSSR count). The first kappa shape index (κ1) is 17.0. The molecule has 0 aliphatic heterocycles. The molecule has 1 aliphatic carbocycles. The molecule has 1 aromatic carbocycles. The number of rotatable bonds is 5. The molecule has 1 saturated carbocycles. The molecule has 0 heterocycles. The van der Waals surface area contributed by atoms with Crippen LogP contribution in [0, 0.1) is 5.92 Å². The highest BCUT2D eigenvalue weighted by molar-refractivity contribution is 6.30. The Morgan fingerprint density at radius 1 is 1.27 bits per heavy atom. The van der Waals surface area contributed by atoms with Crippen LogP contribution in [0.5, 0.6) is 0 Å². The molecule has 0 aromatic heterocycles. The van der Waals surface area contributed by atoms with Crippen molar-refractivity contribution in [3.05, 3.63) is 34.9 Å². The molecule has 1 fully saturated rings. The summed E-state index contributed by atoms with van der Waals surface area (Å²) in [5, 5.41) is 0.685. The Hall–Kier alpha value is -1.35. The van der Waals surface area contributed by atoms with Crippen molar-refractivity contribution in [2.75, 3.05) is 0 Å². The molecule has 1 aliphatic rings. The molecule has 3 nitrogen and oxygen atoms in total. The van der Waals surface area contributed by atoms with E-state index in [1.807, 2.05) is 52.0 Å². The zero-order valence-corrected chi connectivity index (χ0v) is 14.5. The number of halogens is 1. The first-order valence-corrected chi connectivity index (χ1v) is 8.10. The SMILES string of the molecule is CC(C)(C)OC(=O)C(C)(CC1CC1)/N=C/c1ccc(Cl)cc1. The third kappa shape index (κ3) is 5.13. The Labute approximate surface area is 137 Å². The average Bonchev–Trinajstić information content (AvgIpc) is 3.20. The minimum absolute atomic E-state index is 0.253. The molecule has 120 valence electrons. The lowest BCUT2D eigenvalue weighted by Gasteiger charge is -2.28. The van der Waals surface area contributed by atoms with Gasteiger partial charge in [-0.25, -0.2) is 4.79 Å². The molecule has 0 N–H and O–H groups in total. The fourth-order valence-corrected chi connectivity index (χ4v) is 2.35. The van der Waals surface area contributed by atoms with Gasteiger partial charge in [-0.3, -0.25) is 4.99 Å². The van der Waals surface area contributed by atoms with Gasteiger partial charge >= 0.3 is 5.97 Å². The van der Waals surface area contributed by atoms with Gasteiger partial charge in [0.2, 0.25) is 0 Å². The number of nitrogens with zero attached hydrogens (tertiary/aromatic N) is 1. The zero-order chi connectivity index (χ0) is 16.4. The van der Waals surface area contributed by atoms with E-state index in [0.717, 1.165) is 12.0 Å². The summed E-state index contributed by atoms with van der Waals surface area (Å²) in [5.41, 5.74) is -0.402. The largest absolute Gasteiger partial charge is 0.458 e. The van der Waals surface area contributed by atoms with Crippen LogP contribution >= 0.6 is 11.6 Å². The highest BCUT2D eigenvalue weighted by Crippen LogP contribution is 2.39. The van der Waals surface area contributed by atoms with E-state index in [1.165, 1.54) is 12.8 Å². The molecule has 0 spiro atoms. The number of aliphatic imine (C=N–C) groups is 1. The van der Waals surface area contributed by atoms with Gasteiger partial charge in [0, 0.05) is 11.2 Å². The Morgan fingerprint density at radius 3 is 2.36 bits per heavy atom. The Bertz CT molecular complexity index is 555. The highest BCUT2D eigenvalue weighted by atomic mass is 35.5. The van der Waals surface area contributed by atoms with Crippen molar-refractivity contribution in [3.8, 4) is 0 Å². The van der Waals surface area contributed by atoms with Crippen molar-refractivity contribution in [1.29, 1.82) is 0 Å². The quantitative estimate of drug-likeness (QED) is 0.584. The minimum Gasteiger partial charge on any atom is -0.458 e. The van der Waals surface area contributed by atoms with Crippen molar-refractivity contribution in [3.63, 3.8) is 0 Å². The number of ether oxygens (including phenoxy) is 1. The van der Waals surface area contributed by atoms with Gasteiger partial charge in [0.25, 0.3) is 0 Å². The molecular formula is C18H24ClNO2. The monoisotopic (exact) mass is 321 g/mol. The number of hydrogen-bond acceptors (Lipinski definition) is 3. The van der Waals surface area contributed by atoms with Crippen molar-refractivity contribution in [1.82, 2.24) is 0 Å². The maximum atomic E-state index is 12.6. The first-order valence-electron chi connectivity index (χ1n) is 7.72. The maximum Gasteiger partial charge on any atom is 0.334 e. The smallest absolute Gasteiger partial charge is 0.334 e. The standard InChI is InChI=1S/C18H24ClNO2/c1-17(2,3)22-16(21)18(4,11-13-5-6-13)20-12-14-7-9-15(19)10-8-14/h7-10,12-13H,5-6,11H2,1-4H3/b20-12+. The van der Waals surface area contributed by atoms with Crippen molar-refractivity contribution < 1.29 is 9.53 Å². The van der Waals surface area contributed by atoms with E-state index in [0.29, 0.717) is 10.9 Å². The van der Waals surface area contributed by atoms with Gasteiger partial charge in [0.1, 0.15) is 5.60 Å². The van der Waals surface area contributed by atoms with Gasteiger partial charge in [-0.1, -0.05) is 36.6 Å². The van der Waals surface area contributed by atoms with Crippen LogP contribution in [0.25, 0.3) is 0 Å². The normalized spacial score (nSPS) is 18.2. The molecule has 22 heavy (non-hydrogen) atoms. The second kappa shape index (κ2) is 6.41. The average molecular weight is 322 g/mol. The van der Waals surface area contributed by atoms with E-state index in [9.17, 15) is 4.79 Å². The fraction of sp³-hybridized carbons (Fsp3) is 0.556. The number of hydrogen-bond donors (Lipinski definition) is 0. The van der Waals surface area contributed by atoms with Gasteiger partial charge in [-0.2, -0.15) is 0 Å². The topological polar surface area (TPSA) is 38.7 Å². The maximum absolute atomic E-state index is 12.6. The summed E-state index contributed by atoms with van der Waals surface area (Å²) in [4.78, 5) is 17.1. The number of carbonyl (C=O) groups is 1. The van der Waals surface area contributed by atoms with Crippen molar-refractivity contribution in [2.45, 2.75) is 58.1 Å². The number of benzene rings is 1. The van der Waals surface area contributed by atoms with E-state index in [-0.39, 0.29) is 5.97 Å². The predicted molar refractivity (Wildman–Crippen MR) is 90.6 cm³/mol. The van der Waals surface area contributed by atoms with Crippen LogP contribution in [0.2, 0.25) is 5.02 Å². The summed E-state index contributed by atoms with van der Waals surface area (Å²) in [6.45, 7) is 7.51. The van der Waals surface area contributed by atoms with Crippen LogP contribution in [-0.2, 0) is 9.53 Å². The summed E-state index contributed by atoms with van der Waals surface area (Å²) in [7, 11) is 0. The van der Waals surface area contributed by atoms with Gasteiger partial charge in [0.15, 0.2) is 5.54 Å². The van der Waals surface area contributed by atoms with Gasteiger partial charge in [-0.15, -0.1) is 0 Å². The molecule has 1 aromatic rings. The van der Waals surface area contributed by atoms with Gasteiger partial charge in [0.05, 0.1) is 0 Å². The summed E-state index contributed by atoms with van der Waals surface area (Å²) in [6, 6.07) is 7.40. The predicted octanol–water partition coefficient (Wildman–Crippen LogP) is 4.66. The van der Waals surface area contributed by atoms with E-state index in [2.05, 4.69) is 4.99 Å². The molecule has 0 radical (unpaired) electrons. The lowest BCUT2D eigenvalue weighted by atomic mass is 9.95. The zero-order valence-electron chi connectivity index (χ0n) is 13.7. The second-order valence-electron chi connectivity index (χ2n) is 7.23. The molecule has 0 amide bonds. The van der Waals surface area contributed by atoms with E-state index < -0.39 is 11.1 Å². The lowest BCUT2D eigenvalue weighted by Crippen LogP contribution is -2.40. The fourth-order valence-electron chi connectivity index (χ4n) is 2.23. The number of carbonyl (C=O) groups excluding carboxylic acids is 1. The molecular weight excluding hydrogens is 298 g/mol. The van der Waals surface area contributed by atoms with Crippen LogP contribution in [0.4, 0.5) is 0 Å². The second-order valence-corrected chi connectivity index (χ2v) is 7.67. The summed E-state index contributed by atoms with van der Waals surface area (Å²) in [5.74, 6) is 0.331. The lowest BCUT2D eigenvalue weighted by molar-refractivity contribution is -0.161. The molecule has 4 heteroatoms. The van der Waals surface area contributed by atoms with Crippen LogP contribution in [-0.4, -0.2) is 23.3 Å². The van der Waals surface area contributed by atoms with E-state index >= 15 is 0 Å². The Balaban J connectivity index is 2.16. The number of esters is 1. The van der Waals surface area contributed by atoms with Crippen molar-refractivity contribution >= 4 is 23.8 Å². The Kier molecular flexibility index (Phi) is 4.96. The van der Waals surface area contributed by atoms with Crippen LogP contribution < -0.4 is 0 Å². The summed E-state index contributed by atoms with van der Waals surface area (Å²) < 4.78 is 5.57. The third-order valence-corrected chi connectivity index (χ3v) is 3.84. The van der Waals surface area contributed by atoms with Crippen molar-refractivity contribution in [2.24, 2.45) is 10.9 Å². The summed E-state index contributed by atoms with van der Waals surface area (Å²) >= 11 is 5.88. The first-order chi connectivity index (χ1) is 10.2. The summed E-state index contributed by atoms with van der Waals surface area (Å²) in [6.07, 6.45) is 4.83. The van der Waals surface area contributed by atoms with Gasteiger partial charge in [-0.05, 0) is 57.7 Å². The van der Waals surface area contributed by atoms with E-state index in [4.69, 9.17) is 16.3 Å².